The molecule has 0 atom stereocenters. The molecule has 1 aromatic rings. The van der Waals surface area contributed by atoms with Gasteiger partial charge < -0.3 is 10.3 Å². The Morgan fingerprint density at radius 3 is 3.00 bits per heavy atom. The van der Waals surface area contributed by atoms with E-state index in [9.17, 15) is 0 Å². The molecule has 1 aromatic heterocycles. The molecule has 0 fully saturated rings. The number of hydrogen-bond acceptors (Lipinski definition) is 2. The maximum Gasteiger partial charge on any atom is 0.120 e. The summed E-state index contributed by atoms with van der Waals surface area (Å²) in [5, 5.41) is 3.12. The lowest BCUT2D eigenvalue weighted by atomic mass is 9.78. The Hall–Kier alpha value is -0.830. The molecule has 0 saturated heterocycles. The molecule has 1 aliphatic rings. The fraction of sp³-hybridized carbons (Fsp3) is 0.727. The van der Waals surface area contributed by atoms with Gasteiger partial charge in [-0.2, -0.15) is 0 Å². The van der Waals surface area contributed by atoms with Crippen LogP contribution in [0.1, 0.15) is 37.5 Å². The highest BCUT2D eigenvalue weighted by Gasteiger charge is 2.27. The van der Waals surface area contributed by atoms with Crippen LogP contribution in [0.2, 0.25) is 0 Å². The molecule has 0 aliphatic heterocycles. The summed E-state index contributed by atoms with van der Waals surface area (Å²) in [7, 11) is 1.95. The zero-order valence-corrected chi connectivity index (χ0v) is 9.28. The lowest BCUT2D eigenvalue weighted by molar-refractivity contribution is 0.310. The van der Waals surface area contributed by atoms with Crippen LogP contribution in [-0.2, 0) is 19.4 Å². The minimum Gasteiger partial charge on any atom is -0.345 e. The zero-order valence-electron chi connectivity index (χ0n) is 9.28. The first kappa shape index (κ1) is 9.71. The maximum absolute atomic E-state index is 4.59. The molecule has 1 aliphatic carbocycles. The van der Waals surface area contributed by atoms with Crippen molar-refractivity contribution in [3.63, 3.8) is 0 Å². The van der Waals surface area contributed by atoms with Crippen molar-refractivity contribution < 1.29 is 0 Å². The molecule has 0 saturated carbocycles. The lowest BCUT2D eigenvalue weighted by Crippen LogP contribution is -2.21. The number of nitrogens with zero attached hydrogens (tertiary/aromatic N) is 1. The molecule has 0 amide bonds. The van der Waals surface area contributed by atoms with Crippen LogP contribution in [0.15, 0.2) is 0 Å². The van der Waals surface area contributed by atoms with Gasteiger partial charge in [0.2, 0.25) is 0 Å². The summed E-state index contributed by atoms with van der Waals surface area (Å²) in [6, 6.07) is 0. The van der Waals surface area contributed by atoms with Crippen LogP contribution in [0.5, 0.6) is 0 Å². The quantitative estimate of drug-likeness (QED) is 0.749. The molecule has 3 nitrogen and oxygen atoms in total. The molecule has 3 heteroatoms. The summed E-state index contributed by atoms with van der Waals surface area (Å²) in [5.41, 5.74) is 3.08. The van der Waals surface area contributed by atoms with E-state index in [-0.39, 0.29) is 0 Å². The van der Waals surface area contributed by atoms with E-state index >= 15 is 0 Å². The van der Waals surface area contributed by atoms with Gasteiger partial charge in [-0.15, -0.1) is 0 Å². The molecule has 78 valence electrons. The fourth-order valence-corrected chi connectivity index (χ4v) is 2.13. The van der Waals surface area contributed by atoms with E-state index in [2.05, 4.69) is 29.1 Å². The van der Waals surface area contributed by atoms with E-state index in [1.807, 2.05) is 7.05 Å². The molecule has 0 bridgehead atoms. The van der Waals surface area contributed by atoms with Crippen LogP contribution in [-0.4, -0.2) is 17.0 Å². The van der Waals surface area contributed by atoms with Gasteiger partial charge in [0.1, 0.15) is 5.82 Å². The highest BCUT2D eigenvalue weighted by molar-refractivity contribution is 5.20. The van der Waals surface area contributed by atoms with Gasteiger partial charge in [0.15, 0.2) is 0 Å². The van der Waals surface area contributed by atoms with Gasteiger partial charge in [0.25, 0.3) is 0 Å². The number of fused-ring (bicyclic) bond motifs is 1. The van der Waals surface area contributed by atoms with Crippen LogP contribution >= 0.6 is 0 Å². The van der Waals surface area contributed by atoms with E-state index in [0.29, 0.717) is 5.41 Å². The van der Waals surface area contributed by atoms with Gasteiger partial charge in [-0.25, -0.2) is 4.98 Å². The predicted molar refractivity (Wildman–Crippen MR) is 57.2 cm³/mol. The van der Waals surface area contributed by atoms with Gasteiger partial charge in [0, 0.05) is 5.69 Å². The maximum atomic E-state index is 4.59. The van der Waals surface area contributed by atoms with Crippen molar-refractivity contribution in [1.82, 2.24) is 15.3 Å². The SMILES string of the molecule is CNCc1nc2c([nH]1)CC(C)(C)CC2. The second kappa shape index (κ2) is 3.39. The Bertz CT molecular complexity index is 325. The molecule has 0 unspecified atom stereocenters. The standard InChI is InChI=1S/C11H19N3/c1-11(2)5-4-8-9(6-11)14-10(13-8)7-12-3/h12H,4-7H2,1-3H3,(H,13,14). The Morgan fingerprint density at radius 2 is 2.29 bits per heavy atom. The largest absolute Gasteiger partial charge is 0.345 e. The summed E-state index contributed by atoms with van der Waals surface area (Å²) in [5.74, 6) is 1.08. The highest BCUT2D eigenvalue weighted by Crippen LogP contribution is 2.33. The molecule has 2 rings (SSSR count). The average Bonchev–Trinajstić information content (AvgIpc) is 2.45. The number of aromatic nitrogens is 2. The zero-order chi connectivity index (χ0) is 10.2. The molecular weight excluding hydrogens is 174 g/mol. The second-order valence-corrected chi connectivity index (χ2v) is 4.98. The third-order valence-corrected chi connectivity index (χ3v) is 2.95. The van der Waals surface area contributed by atoms with Gasteiger partial charge in [-0.3, -0.25) is 0 Å². The smallest absolute Gasteiger partial charge is 0.120 e. The number of aryl methyl sites for hydroxylation is 1. The summed E-state index contributed by atoms with van der Waals surface area (Å²) < 4.78 is 0. The van der Waals surface area contributed by atoms with Crippen molar-refractivity contribution in [2.45, 2.75) is 39.7 Å². The first-order chi connectivity index (χ1) is 6.61. The predicted octanol–water partition coefficient (Wildman–Crippen LogP) is 1.64. The summed E-state index contributed by atoms with van der Waals surface area (Å²) in [6.07, 6.45) is 3.52. The average molecular weight is 193 g/mol. The minimum absolute atomic E-state index is 0.441. The van der Waals surface area contributed by atoms with E-state index in [1.165, 1.54) is 17.8 Å². The van der Waals surface area contributed by atoms with Gasteiger partial charge in [-0.05, 0) is 31.7 Å². The topological polar surface area (TPSA) is 40.7 Å². The highest BCUT2D eigenvalue weighted by atomic mass is 15.0. The van der Waals surface area contributed by atoms with E-state index < -0.39 is 0 Å². The normalized spacial score (nSPS) is 19.4. The van der Waals surface area contributed by atoms with Gasteiger partial charge in [-0.1, -0.05) is 13.8 Å². The molecule has 14 heavy (non-hydrogen) atoms. The number of aromatic amines is 1. The monoisotopic (exact) mass is 193 g/mol. The third-order valence-electron chi connectivity index (χ3n) is 2.95. The molecule has 0 spiro atoms. The second-order valence-electron chi connectivity index (χ2n) is 4.98. The Balaban J connectivity index is 2.21. The van der Waals surface area contributed by atoms with E-state index in [1.54, 1.807) is 0 Å². The van der Waals surface area contributed by atoms with Crippen molar-refractivity contribution in [2.24, 2.45) is 5.41 Å². The number of imidazole rings is 1. The summed E-state index contributed by atoms with van der Waals surface area (Å²) in [4.78, 5) is 8.00. The number of nitrogens with one attached hydrogen (secondary N) is 2. The first-order valence-corrected chi connectivity index (χ1v) is 5.32. The number of rotatable bonds is 2. The van der Waals surface area contributed by atoms with Crippen molar-refractivity contribution >= 4 is 0 Å². The van der Waals surface area contributed by atoms with Gasteiger partial charge in [0.05, 0.1) is 12.2 Å². The number of H-pyrrole nitrogens is 1. The molecular formula is C11H19N3. The van der Waals surface area contributed by atoms with Crippen LogP contribution < -0.4 is 5.32 Å². The first-order valence-electron chi connectivity index (χ1n) is 5.32. The molecule has 0 aromatic carbocycles. The van der Waals surface area contributed by atoms with Crippen molar-refractivity contribution in [2.75, 3.05) is 7.05 Å². The Kier molecular flexibility index (Phi) is 2.35. The Labute approximate surface area is 85.3 Å². The minimum atomic E-state index is 0.441. The Morgan fingerprint density at radius 1 is 1.50 bits per heavy atom. The van der Waals surface area contributed by atoms with Gasteiger partial charge >= 0.3 is 0 Å². The molecule has 2 N–H and O–H groups in total. The van der Waals surface area contributed by atoms with Crippen molar-refractivity contribution in [1.29, 1.82) is 0 Å². The van der Waals surface area contributed by atoms with Crippen molar-refractivity contribution in [3.8, 4) is 0 Å². The number of hydrogen-bond donors (Lipinski definition) is 2. The fourth-order valence-electron chi connectivity index (χ4n) is 2.13. The van der Waals surface area contributed by atoms with Crippen LogP contribution in [0.4, 0.5) is 0 Å². The molecule has 0 radical (unpaired) electrons. The van der Waals surface area contributed by atoms with Crippen LogP contribution in [0.25, 0.3) is 0 Å². The van der Waals surface area contributed by atoms with E-state index in [4.69, 9.17) is 0 Å². The summed E-state index contributed by atoms with van der Waals surface area (Å²) in [6.45, 7) is 5.50. The summed E-state index contributed by atoms with van der Waals surface area (Å²) >= 11 is 0. The van der Waals surface area contributed by atoms with Crippen LogP contribution in [0, 0.1) is 5.41 Å². The van der Waals surface area contributed by atoms with E-state index in [0.717, 1.165) is 25.2 Å². The third kappa shape index (κ3) is 1.82. The lowest BCUT2D eigenvalue weighted by Gasteiger charge is -2.28. The van der Waals surface area contributed by atoms with Crippen LogP contribution in [0.3, 0.4) is 0 Å². The van der Waals surface area contributed by atoms with Crippen molar-refractivity contribution in [3.05, 3.63) is 17.2 Å². The molecule has 1 heterocycles.